The third-order valence-corrected chi connectivity index (χ3v) is 3.37. The van der Waals surface area contributed by atoms with Crippen LogP contribution in [0.4, 0.5) is 10.5 Å². The summed E-state index contributed by atoms with van der Waals surface area (Å²) in [5, 5.41) is 2.81. The molecule has 0 unspecified atom stereocenters. The van der Waals surface area contributed by atoms with Crippen LogP contribution >= 0.6 is 0 Å². The lowest BCUT2D eigenvalue weighted by Gasteiger charge is -2.20. The number of benzene rings is 1. The van der Waals surface area contributed by atoms with E-state index in [2.05, 4.69) is 5.32 Å². The van der Waals surface area contributed by atoms with Crippen molar-refractivity contribution in [3.63, 3.8) is 0 Å². The molecule has 0 saturated carbocycles. The summed E-state index contributed by atoms with van der Waals surface area (Å²) >= 11 is 0. The minimum Gasteiger partial charge on any atom is -0.344 e. The van der Waals surface area contributed by atoms with Crippen molar-refractivity contribution in [1.82, 2.24) is 9.80 Å². The molecule has 108 valence electrons. The fraction of sp³-hybridized carbons (Fsp3) is 0.429. The van der Waals surface area contributed by atoms with Crippen molar-refractivity contribution in [2.45, 2.75) is 13.0 Å². The normalized spacial score (nSPS) is 16.0. The van der Waals surface area contributed by atoms with Crippen molar-refractivity contribution in [1.29, 1.82) is 0 Å². The van der Waals surface area contributed by atoms with Crippen LogP contribution < -0.4 is 11.1 Å². The minimum absolute atomic E-state index is 0.0339. The second kappa shape index (κ2) is 6.38. The van der Waals surface area contributed by atoms with Gasteiger partial charge in [-0.1, -0.05) is 12.1 Å². The Kier molecular flexibility index (Phi) is 4.57. The lowest BCUT2D eigenvalue weighted by atomic mass is 10.2. The van der Waals surface area contributed by atoms with Gasteiger partial charge in [-0.25, -0.2) is 4.79 Å². The Morgan fingerprint density at radius 1 is 1.40 bits per heavy atom. The molecule has 1 aromatic carbocycles. The molecule has 1 aliphatic rings. The molecule has 1 saturated heterocycles. The van der Waals surface area contributed by atoms with Gasteiger partial charge >= 0.3 is 6.03 Å². The number of amides is 3. The Labute approximate surface area is 118 Å². The Morgan fingerprint density at radius 2 is 2.20 bits per heavy atom. The lowest BCUT2D eigenvalue weighted by molar-refractivity contribution is -0.129. The van der Waals surface area contributed by atoms with Crippen molar-refractivity contribution >= 4 is 17.6 Å². The zero-order valence-corrected chi connectivity index (χ0v) is 11.6. The molecule has 3 N–H and O–H groups in total. The van der Waals surface area contributed by atoms with E-state index in [-0.39, 0.29) is 18.5 Å². The molecule has 1 aromatic rings. The number of nitrogens with one attached hydrogen (secondary N) is 1. The molecule has 1 fully saturated rings. The molecule has 6 heteroatoms. The first-order valence-electron chi connectivity index (χ1n) is 6.69. The van der Waals surface area contributed by atoms with Crippen LogP contribution in [0, 0.1) is 0 Å². The van der Waals surface area contributed by atoms with Crippen molar-refractivity contribution in [2.75, 3.05) is 32.0 Å². The topological polar surface area (TPSA) is 78.7 Å². The summed E-state index contributed by atoms with van der Waals surface area (Å²) in [6.45, 7) is 1.82. The molecule has 2 rings (SSSR count). The van der Waals surface area contributed by atoms with Crippen molar-refractivity contribution in [2.24, 2.45) is 5.73 Å². The van der Waals surface area contributed by atoms with Gasteiger partial charge in [-0.3, -0.25) is 4.79 Å². The lowest BCUT2D eigenvalue weighted by Crippen LogP contribution is -2.40. The van der Waals surface area contributed by atoms with E-state index in [4.69, 9.17) is 5.73 Å². The van der Waals surface area contributed by atoms with Crippen LogP contribution in [-0.4, -0.2) is 48.4 Å². The van der Waals surface area contributed by atoms with Crippen LogP contribution in [0.1, 0.15) is 12.0 Å². The molecule has 0 bridgehead atoms. The molecule has 1 heterocycles. The summed E-state index contributed by atoms with van der Waals surface area (Å²) in [5.74, 6) is -0.0339. The summed E-state index contributed by atoms with van der Waals surface area (Å²) in [4.78, 5) is 27.2. The van der Waals surface area contributed by atoms with Gasteiger partial charge in [0.05, 0.1) is 0 Å². The molecule has 0 radical (unpaired) electrons. The van der Waals surface area contributed by atoms with Gasteiger partial charge in [-0.05, 0) is 24.1 Å². The Bertz CT molecular complexity index is 504. The van der Waals surface area contributed by atoms with E-state index in [9.17, 15) is 9.59 Å². The summed E-state index contributed by atoms with van der Waals surface area (Å²) in [7, 11) is 1.76. The second-order valence-corrected chi connectivity index (χ2v) is 4.93. The first kappa shape index (κ1) is 14.3. The van der Waals surface area contributed by atoms with E-state index in [1.807, 2.05) is 24.3 Å². The van der Waals surface area contributed by atoms with E-state index in [0.29, 0.717) is 25.3 Å². The van der Waals surface area contributed by atoms with Gasteiger partial charge in [-0.15, -0.1) is 0 Å². The van der Waals surface area contributed by atoms with E-state index in [1.165, 1.54) is 0 Å². The molecule has 3 amide bonds. The van der Waals surface area contributed by atoms with Gasteiger partial charge in [0.1, 0.15) is 6.54 Å². The number of carbonyl (C=O) groups excluding carboxylic acids is 2. The third kappa shape index (κ3) is 3.48. The zero-order valence-electron chi connectivity index (χ0n) is 11.6. The van der Waals surface area contributed by atoms with E-state index in [1.54, 1.807) is 16.8 Å². The highest BCUT2D eigenvalue weighted by Gasteiger charge is 2.22. The fourth-order valence-corrected chi connectivity index (χ4v) is 2.14. The monoisotopic (exact) mass is 276 g/mol. The molecule has 0 aromatic heterocycles. The quantitative estimate of drug-likeness (QED) is 0.840. The van der Waals surface area contributed by atoms with Gasteiger partial charge in [-0.2, -0.15) is 0 Å². The van der Waals surface area contributed by atoms with Gasteiger partial charge in [0.2, 0.25) is 5.91 Å². The first-order valence-corrected chi connectivity index (χ1v) is 6.69. The van der Waals surface area contributed by atoms with Crippen LogP contribution in [0.5, 0.6) is 0 Å². The summed E-state index contributed by atoms with van der Waals surface area (Å²) < 4.78 is 0. The largest absolute Gasteiger partial charge is 0.344 e. The maximum absolute atomic E-state index is 12.2. The molecule has 0 aliphatic carbocycles. The number of hydrogen-bond acceptors (Lipinski definition) is 3. The predicted molar refractivity (Wildman–Crippen MR) is 77.2 cm³/mol. The average Bonchev–Trinajstić information content (AvgIpc) is 2.61. The Morgan fingerprint density at radius 3 is 2.95 bits per heavy atom. The van der Waals surface area contributed by atoms with Crippen LogP contribution in [0.25, 0.3) is 0 Å². The number of hydrogen-bond donors (Lipinski definition) is 2. The fourth-order valence-electron chi connectivity index (χ4n) is 2.14. The van der Waals surface area contributed by atoms with Crippen molar-refractivity contribution in [3.8, 4) is 0 Å². The number of nitrogens with zero attached hydrogens (tertiary/aromatic N) is 2. The number of urea groups is 1. The number of rotatable bonds is 2. The predicted octanol–water partition coefficient (Wildman–Crippen LogP) is 0.841. The van der Waals surface area contributed by atoms with Crippen LogP contribution in [0.15, 0.2) is 24.3 Å². The standard InChI is InChI=1S/C14H20N4O2/c1-17-6-3-7-18(10-13(17)19)14(20)16-12-5-2-4-11(8-12)9-15/h2,4-5,8H,3,6-7,9-10,15H2,1H3,(H,16,20). The smallest absolute Gasteiger partial charge is 0.322 e. The minimum atomic E-state index is -0.247. The number of nitrogens with two attached hydrogens (primary N) is 1. The van der Waals surface area contributed by atoms with Crippen LogP contribution in [0.2, 0.25) is 0 Å². The SMILES string of the molecule is CN1CCCN(C(=O)Nc2cccc(CN)c2)CC1=O. The maximum Gasteiger partial charge on any atom is 0.322 e. The van der Waals surface area contributed by atoms with Gasteiger partial charge in [0.25, 0.3) is 0 Å². The van der Waals surface area contributed by atoms with Gasteiger partial charge in [0.15, 0.2) is 0 Å². The van der Waals surface area contributed by atoms with Crippen LogP contribution in [0.3, 0.4) is 0 Å². The van der Waals surface area contributed by atoms with E-state index in [0.717, 1.165) is 12.0 Å². The van der Waals surface area contributed by atoms with E-state index < -0.39 is 0 Å². The Hall–Kier alpha value is -2.08. The molecule has 1 aliphatic heterocycles. The average molecular weight is 276 g/mol. The summed E-state index contributed by atoms with van der Waals surface area (Å²) in [6.07, 6.45) is 0.790. The molecule has 6 nitrogen and oxygen atoms in total. The molecular weight excluding hydrogens is 256 g/mol. The highest BCUT2D eigenvalue weighted by atomic mass is 16.2. The maximum atomic E-state index is 12.2. The van der Waals surface area contributed by atoms with Gasteiger partial charge in [0, 0.05) is 32.4 Å². The third-order valence-electron chi connectivity index (χ3n) is 3.37. The molecular formula is C14H20N4O2. The molecule has 0 atom stereocenters. The van der Waals surface area contributed by atoms with Gasteiger partial charge < -0.3 is 20.9 Å². The highest BCUT2D eigenvalue weighted by Crippen LogP contribution is 2.12. The molecule has 0 spiro atoms. The first-order chi connectivity index (χ1) is 9.60. The van der Waals surface area contributed by atoms with E-state index >= 15 is 0 Å². The van der Waals surface area contributed by atoms with Crippen molar-refractivity contribution < 1.29 is 9.59 Å². The Balaban J connectivity index is 2.01. The number of carbonyl (C=O) groups is 2. The van der Waals surface area contributed by atoms with Crippen molar-refractivity contribution in [3.05, 3.63) is 29.8 Å². The summed E-state index contributed by atoms with van der Waals surface area (Å²) in [6, 6.07) is 7.15. The highest BCUT2D eigenvalue weighted by molar-refractivity contribution is 5.92. The molecule has 20 heavy (non-hydrogen) atoms. The second-order valence-electron chi connectivity index (χ2n) is 4.93. The number of anilines is 1. The number of likely N-dealkylation sites (N-methyl/N-ethyl adjacent to an activating group) is 1. The van der Waals surface area contributed by atoms with Crippen LogP contribution in [-0.2, 0) is 11.3 Å². The zero-order chi connectivity index (χ0) is 14.5. The summed E-state index contributed by atoms with van der Waals surface area (Å²) in [5.41, 5.74) is 7.22.